The first-order valence-electron chi connectivity index (χ1n) is 5.97. The Hall–Kier alpha value is -1.39. The molecule has 19 heavy (non-hydrogen) atoms. The molecule has 2 aromatic carbocycles. The molecule has 0 saturated heterocycles. The number of methoxy groups -OCH3 is 1. The van der Waals surface area contributed by atoms with Gasteiger partial charge in [-0.2, -0.15) is 0 Å². The minimum Gasteiger partial charge on any atom is -0.494 e. The SMILES string of the molecule is COc1ccc(CNCc2ccccc2Br)cc1F. The van der Waals surface area contributed by atoms with Crippen LogP contribution in [0.25, 0.3) is 0 Å². The number of ether oxygens (including phenoxy) is 1. The van der Waals surface area contributed by atoms with Crippen molar-refractivity contribution in [2.75, 3.05) is 7.11 Å². The molecule has 0 aliphatic heterocycles. The van der Waals surface area contributed by atoms with Crippen LogP contribution in [0.3, 0.4) is 0 Å². The van der Waals surface area contributed by atoms with Crippen molar-refractivity contribution in [2.45, 2.75) is 13.1 Å². The van der Waals surface area contributed by atoms with Crippen molar-refractivity contribution in [1.82, 2.24) is 5.32 Å². The third-order valence-electron chi connectivity index (χ3n) is 2.82. The fourth-order valence-electron chi connectivity index (χ4n) is 1.80. The van der Waals surface area contributed by atoms with Crippen molar-refractivity contribution in [3.8, 4) is 5.75 Å². The molecule has 0 aromatic heterocycles. The summed E-state index contributed by atoms with van der Waals surface area (Å²) in [7, 11) is 1.46. The zero-order valence-corrected chi connectivity index (χ0v) is 12.2. The van der Waals surface area contributed by atoms with Crippen molar-refractivity contribution in [3.05, 3.63) is 63.9 Å². The Balaban J connectivity index is 1.93. The zero-order valence-electron chi connectivity index (χ0n) is 10.6. The van der Waals surface area contributed by atoms with Gasteiger partial charge in [0.2, 0.25) is 0 Å². The molecule has 4 heteroatoms. The van der Waals surface area contributed by atoms with E-state index in [2.05, 4.69) is 21.2 Å². The molecule has 0 radical (unpaired) electrons. The number of rotatable bonds is 5. The van der Waals surface area contributed by atoms with Gasteiger partial charge in [0.25, 0.3) is 0 Å². The van der Waals surface area contributed by atoms with Crippen molar-refractivity contribution in [3.63, 3.8) is 0 Å². The van der Waals surface area contributed by atoms with Crippen LogP contribution in [0.1, 0.15) is 11.1 Å². The molecule has 0 aliphatic carbocycles. The summed E-state index contributed by atoms with van der Waals surface area (Å²) in [6.45, 7) is 1.34. The van der Waals surface area contributed by atoms with Gasteiger partial charge in [0.1, 0.15) is 0 Å². The van der Waals surface area contributed by atoms with Crippen LogP contribution >= 0.6 is 15.9 Å². The van der Waals surface area contributed by atoms with Gasteiger partial charge >= 0.3 is 0 Å². The molecular formula is C15H15BrFNO. The van der Waals surface area contributed by atoms with Crippen LogP contribution in [0.5, 0.6) is 5.75 Å². The van der Waals surface area contributed by atoms with Crippen LogP contribution in [0.4, 0.5) is 4.39 Å². The molecule has 0 atom stereocenters. The maximum Gasteiger partial charge on any atom is 0.165 e. The van der Waals surface area contributed by atoms with Gasteiger partial charge in [-0.05, 0) is 29.3 Å². The second kappa shape index (κ2) is 6.68. The molecule has 2 nitrogen and oxygen atoms in total. The van der Waals surface area contributed by atoms with Gasteiger partial charge in [-0.25, -0.2) is 4.39 Å². The first-order valence-corrected chi connectivity index (χ1v) is 6.76. The molecule has 0 unspecified atom stereocenters. The molecule has 0 saturated carbocycles. The third-order valence-corrected chi connectivity index (χ3v) is 3.59. The van der Waals surface area contributed by atoms with Crippen molar-refractivity contribution >= 4 is 15.9 Å². The molecule has 1 N–H and O–H groups in total. The monoisotopic (exact) mass is 323 g/mol. The van der Waals surface area contributed by atoms with Crippen LogP contribution in [0, 0.1) is 5.82 Å². The average Bonchev–Trinajstić information content (AvgIpc) is 2.41. The summed E-state index contributed by atoms with van der Waals surface area (Å²) < 4.78 is 19.5. The molecule has 0 aliphatic rings. The van der Waals surface area contributed by atoms with E-state index in [0.29, 0.717) is 6.54 Å². The first kappa shape index (κ1) is 14.0. The van der Waals surface area contributed by atoms with E-state index < -0.39 is 0 Å². The van der Waals surface area contributed by atoms with Crippen molar-refractivity contribution in [2.24, 2.45) is 0 Å². The number of hydrogen-bond donors (Lipinski definition) is 1. The number of nitrogens with one attached hydrogen (secondary N) is 1. The molecule has 0 spiro atoms. The Morgan fingerprint density at radius 2 is 1.95 bits per heavy atom. The predicted octanol–water partition coefficient (Wildman–Crippen LogP) is 3.89. The summed E-state index contributed by atoms with van der Waals surface area (Å²) in [6.07, 6.45) is 0. The highest BCUT2D eigenvalue weighted by atomic mass is 79.9. The van der Waals surface area contributed by atoms with E-state index >= 15 is 0 Å². The van der Waals surface area contributed by atoms with E-state index in [9.17, 15) is 4.39 Å². The van der Waals surface area contributed by atoms with Crippen LogP contribution in [-0.4, -0.2) is 7.11 Å². The Kier molecular flexibility index (Phi) is 4.93. The molecule has 2 rings (SSSR count). The fourth-order valence-corrected chi connectivity index (χ4v) is 2.23. The predicted molar refractivity (Wildman–Crippen MR) is 77.6 cm³/mol. The highest BCUT2D eigenvalue weighted by Gasteiger charge is 2.03. The molecule has 0 heterocycles. The summed E-state index contributed by atoms with van der Waals surface area (Å²) in [5.41, 5.74) is 2.07. The number of halogens is 2. The molecular weight excluding hydrogens is 309 g/mol. The second-order valence-corrected chi connectivity index (χ2v) is 5.02. The minimum atomic E-state index is -0.331. The molecule has 2 aromatic rings. The minimum absolute atomic E-state index is 0.273. The maximum absolute atomic E-state index is 13.5. The average molecular weight is 324 g/mol. The first-order chi connectivity index (χ1) is 9.20. The van der Waals surface area contributed by atoms with Gasteiger partial charge in [0, 0.05) is 17.6 Å². The Morgan fingerprint density at radius 3 is 2.63 bits per heavy atom. The quantitative estimate of drug-likeness (QED) is 0.901. The van der Waals surface area contributed by atoms with E-state index in [1.165, 1.54) is 18.7 Å². The van der Waals surface area contributed by atoms with Gasteiger partial charge in [-0.3, -0.25) is 0 Å². The van der Waals surface area contributed by atoms with E-state index in [1.807, 2.05) is 30.3 Å². The van der Waals surface area contributed by atoms with E-state index in [4.69, 9.17) is 4.74 Å². The summed E-state index contributed by atoms with van der Waals surface area (Å²) >= 11 is 3.50. The van der Waals surface area contributed by atoms with Crippen molar-refractivity contribution < 1.29 is 9.13 Å². The van der Waals surface area contributed by atoms with E-state index in [0.717, 1.165) is 16.6 Å². The Morgan fingerprint density at radius 1 is 1.16 bits per heavy atom. The maximum atomic E-state index is 13.5. The number of benzene rings is 2. The molecule has 0 fully saturated rings. The molecule has 0 amide bonds. The van der Waals surface area contributed by atoms with Gasteiger partial charge in [-0.1, -0.05) is 40.2 Å². The number of hydrogen-bond acceptors (Lipinski definition) is 2. The van der Waals surface area contributed by atoms with Crippen LogP contribution in [0.2, 0.25) is 0 Å². The zero-order chi connectivity index (χ0) is 13.7. The van der Waals surface area contributed by atoms with Crippen LogP contribution < -0.4 is 10.1 Å². The third kappa shape index (κ3) is 3.78. The summed E-state index contributed by atoms with van der Waals surface area (Å²) in [5.74, 6) is -0.0581. The Bertz CT molecular complexity index is 560. The van der Waals surface area contributed by atoms with E-state index in [1.54, 1.807) is 6.07 Å². The Labute approximate surface area is 120 Å². The highest BCUT2D eigenvalue weighted by molar-refractivity contribution is 9.10. The molecule has 100 valence electrons. The van der Waals surface area contributed by atoms with Crippen molar-refractivity contribution in [1.29, 1.82) is 0 Å². The summed E-state index contributed by atoms with van der Waals surface area (Å²) in [5, 5.41) is 3.29. The lowest BCUT2D eigenvalue weighted by molar-refractivity contribution is 0.386. The summed E-state index contributed by atoms with van der Waals surface area (Å²) in [4.78, 5) is 0. The standard InChI is InChI=1S/C15H15BrFNO/c1-19-15-7-6-11(8-14(15)17)9-18-10-12-4-2-3-5-13(12)16/h2-8,18H,9-10H2,1H3. The smallest absolute Gasteiger partial charge is 0.165 e. The fraction of sp³-hybridized carbons (Fsp3) is 0.200. The topological polar surface area (TPSA) is 21.3 Å². The highest BCUT2D eigenvalue weighted by Crippen LogP contribution is 2.18. The lowest BCUT2D eigenvalue weighted by Crippen LogP contribution is -2.13. The van der Waals surface area contributed by atoms with E-state index in [-0.39, 0.29) is 11.6 Å². The molecule has 0 bridgehead atoms. The van der Waals surface area contributed by atoms with Gasteiger partial charge in [0.05, 0.1) is 7.11 Å². The summed E-state index contributed by atoms with van der Waals surface area (Å²) in [6, 6.07) is 13.0. The normalized spacial score (nSPS) is 10.5. The van der Waals surface area contributed by atoms with Gasteiger partial charge in [-0.15, -0.1) is 0 Å². The lowest BCUT2D eigenvalue weighted by atomic mass is 10.2. The van der Waals surface area contributed by atoms with Gasteiger partial charge in [0.15, 0.2) is 11.6 Å². The van der Waals surface area contributed by atoms with Crippen LogP contribution in [0.15, 0.2) is 46.9 Å². The largest absolute Gasteiger partial charge is 0.494 e. The van der Waals surface area contributed by atoms with Gasteiger partial charge < -0.3 is 10.1 Å². The second-order valence-electron chi connectivity index (χ2n) is 4.16. The lowest BCUT2D eigenvalue weighted by Gasteiger charge is -2.08. The van der Waals surface area contributed by atoms with Crippen LogP contribution in [-0.2, 0) is 13.1 Å².